The van der Waals surface area contributed by atoms with Crippen molar-refractivity contribution in [1.82, 2.24) is 4.98 Å². The lowest BCUT2D eigenvalue weighted by Crippen LogP contribution is -2.45. The van der Waals surface area contributed by atoms with E-state index in [0.29, 0.717) is 17.6 Å². The van der Waals surface area contributed by atoms with Crippen molar-refractivity contribution in [1.29, 1.82) is 0 Å². The molecule has 1 aliphatic carbocycles. The molecule has 1 heterocycles. The van der Waals surface area contributed by atoms with Gasteiger partial charge in [-0.2, -0.15) is 0 Å². The Kier molecular flexibility index (Phi) is 21.7. The van der Waals surface area contributed by atoms with Crippen LogP contribution in [0.5, 0.6) is 0 Å². The number of carbonyl (C=O) groups is 3. The van der Waals surface area contributed by atoms with Crippen molar-refractivity contribution in [3.05, 3.63) is 157 Å². The van der Waals surface area contributed by atoms with E-state index in [4.69, 9.17) is 20.8 Å². The van der Waals surface area contributed by atoms with Crippen LogP contribution >= 0.6 is 21.2 Å². The lowest BCUT2D eigenvalue weighted by Gasteiger charge is -2.39. The number of aldehydes is 1. The van der Waals surface area contributed by atoms with Crippen LogP contribution in [0.25, 0.3) is 22.0 Å². The second-order valence-corrected chi connectivity index (χ2v) is 35.5. The maximum atomic E-state index is 13.2. The minimum absolute atomic E-state index is 0.0230. The second-order valence-electron chi connectivity index (χ2n) is 20.6. The van der Waals surface area contributed by atoms with Crippen LogP contribution in [0.2, 0.25) is 18.1 Å². The average Bonchev–Trinajstić information content (AvgIpc) is 4.17. The Balaban J connectivity index is 0.000000213. The number of hydrogen-bond acceptors (Lipinski definition) is 9. The SMILES string of the molecule is C=P(c1ccccc1)(c1ccccc1)c1ccccc1.CC(C)(C)[Si](C)(C)O[C@H](CC(=O)O)CP(C)(C)=O.COC(=O)C[C@@H](O)CP(C)(C)=O.O=Cc1c(C2CC2)nc2ccccc2c1-c1ccc(F)cc1. The zero-order valence-corrected chi connectivity index (χ0v) is 47.1. The maximum absolute atomic E-state index is 13.2. The van der Waals surface area contributed by atoms with Crippen molar-refractivity contribution in [2.24, 2.45) is 0 Å². The summed E-state index contributed by atoms with van der Waals surface area (Å²) in [4.78, 5) is 38.0. The molecule has 0 aliphatic heterocycles. The Bertz CT molecular complexity index is 2760. The van der Waals surface area contributed by atoms with Crippen molar-refractivity contribution in [3.63, 3.8) is 0 Å². The molecule has 1 aromatic heterocycles. The van der Waals surface area contributed by atoms with Crippen LogP contribution in [0, 0.1) is 5.82 Å². The van der Waals surface area contributed by atoms with E-state index in [1.54, 1.807) is 38.8 Å². The predicted octanol–water partition coefficient (Wildman–Crippen LogP) is 12.2. The predicted molar refractivity (Wildman–Crippen MR) is 302 cm³/mol. The van der Waals surface area contributed by atoms with Gasteiger partial charge in [-0.05, 0) is 104 Å². The molecule has 10 nitrogen and oxygen atoms in total. The number of rotatable bonds is 16. The van der Waals surface area contributed by atoms with Crippen LogP contribution in [0.15, 0.2) is 140 Å². The van der Waals surface area contributed by atoms with E-state index >= 15 is 0 Å². The third-order valence-electron chi connectivity index (χ3n) is 12.4. The molecule has 6 aromatic rings. The fraction of sp³-hybridized carbons (Fsp3) is 0.351. The van der Waals surface area contributed by atoms with Crippen molar-refractivity contribution in [2.45, 2.75) is 82.7 Å². The Labute approximate surface area is 427 Å². The highest BCUT2D eigenvalue weighted by Gasteiger charge is 2.40. The van der Waals surface area contributed by atoms with Crippen LogP contribution in [0.1, 0.15) is 68.4 Å². The first-order valence-electron chi connectivity index (χ1n) is 24.0. The Morgan fingerprint density at radius 3 is 1.62 bits per heavy atom. The van der Waals surface area contributed by atoms with Gasteiger partial charge >= 0.3 is 11.9 Å². The van der Waals surface area contributed by atoms with Gasteiger partial charge in [0, 0.05) is 34.8 Å². The molecule has 72 heavy (non-hydrogen) atoms. The van der Waals surface area contributed by atoms with Crippen LogP contribution in [-0.2, 0) is 27.9 Å². The first-order valence-corrected chi connectivity index (χ1v) is 34.4. The molecule has 15 heteroatoms. The van der Waals surface area contributed by atoms with Gasteiger partial charge in [-0.15, -0.1) is 0 Å². The quantitative estimate of drug-likeness (QED) is 0.0414. The van der Waals surface area contributed by atoms with Gasteiger partial charge in [-0.3, -0.25) is 19.4 Å². The molecule has 0 spiro atoms. The number of pyridine rings is 1. The lowest BCUT2D eigenvalue weighted by atomic mass is 9.93. The minimum atomic E-state index is -2.28. The number of carboxylic acid groups (broad SMARTS) is 1. The third kappa shape index (κ3) is 18.2. The molecule has 1 fully saturated rings. The summed E-state index contributed by atoms with van der Waals surface area (Å²) in [7, 11) is -5.29. The molecule has 2 atom stereocenters. The highest BCUT2D eigenvalue weighted by Crippen LogP contribution is 2.45. The third-order valence-corrected chi connectivity index (χ3v) is 23.0. The van der Waals surface area contributed by atoms with Crippen molar-refractivity contribution >= 4 is 80.8 Å². The van der Waals surface area contributed by atoms with Gasteiger partial charge < -0.3 is 28.5 Å². The molecular weight excluding hydrogens is 983 g/mol. The maximum Gasteiger partial charge on any atom is 0.308 e. The summed E-state index contributed by atoms with van der Waals surface area (Å²) in [5.41, 5.74) is 4.13. The molecule has 1 saturated carbocycles. The lowest BCUT2D eigenvalue weighted by molar-refractivity contribution is -0.142. The molecule has 386 valence electrons. The number of nitrogens with zero attached hydrogens (tertiary/aromatic N) is 1. The summed E-state index contributed by atoms with van der Waals surface area (Å²) in [6, 6.07) is 46.0. The normalized spacial score (nSPS) is 13.7. The summed E-state index contributed by atoms with van der Waals surface area (Å²) < 4.78 is 46.7. The van der Waals surface area contributed by atoms with Crippen molar-refractivity contribution in [3.8, 4) is 11.1 Å². The van der Waals surface area contributed by atoms with Gasteiger partial charge in [0.15, 0.2) is 14.6 Å². The van der Waals surface area contributed by atoms with Gasteiger partial charge in [0.05, 0.1) is 57.7 Å². The number of aliphatic hydroxyl groups is 1. The molecule has 2 N–H and O–H groups in total. The van der Waals surface area contributed by atoms with E-state index in [-0.39, 0.29) is 29.9 Å². The van der Waals surface area contributed by atoms with E-state index in [0.717, 1.165) is 46.9 Å². The smallest absolute Gasteiger partial charge is 0.308 e. The second kappa shape index (κ2) is 26.2. The first kappa shape index (κ1) is 59.5. The number of aliphatic hydroxyl groups excluding tert-OH is 1. The van der Waals surface area contributed by atoms with E-state index in [1.807, 2.05) is 24.3 Å². The Hall–Kier alpha value is -5.05. The first-order chi connectivity index (χ1) is 33.7. The van der Waals surface area contributed by atoms with Gasteiger partial charge in [0.2, 0.25) is 0 Å². The van der Waals surface area contributed by atoms with E-state index in [2.05, 4.69) is 130 Å². The summed E-state index contributed by atoms with van der Waals surface area (Å²) >= 11 is 0. The number of benzene rings is 5. The standard InChI is InChI=1S/C19H14FNO.C19H17P.C12H27O4PSi.C7H15O4P/c20-14-9-7-12(8-10-14)18-15-3-1-2-4-17(15)21-19(13-5-6-13)16(18)11-22;1-20(17-11-5-2-6-12-17,18-13-7-3-8-14-18)19-15-9-4-10-16-19;1-12(2,3)18(6,7)16-10(8-11(13)14)9-17(4,5)15;1-11-7(9)4-6(8)5-12(2,3)10/h1-4,7-11,13H,5-6H2;2-16H,1H2;10H,8-9H2,1-7H3,(H,13,14);6,8H,4-5H2,1-3H3/t;;10-;6-/m..11/s1. The summed E-state index contributed by atoms with van der Waals surface area (Å²) in [5, 5.41) is 23.0. The zero-order chi connectivity index (χ0) is 53.5. The number of methoxy groups -OCH3 is 1. The van der Waals surface area contributed by atoms with E-state index in [9.17, 15) is 33.0 Å². The molecule has 7 rings (SSSR count). The molecule has 0 saturated heterocycles. The topological polar surface area (TPSA) is 157 Å². The Morgan fingerprint density at radius 2 is 1.22 bits per heavy atom. The number of aliphatic carboxylic acids is 1. The van der Waals surface area contributed by atoms with E-state index < -0.39 is 53.6 Å². The number of halogens is 1. The number of esters is 1. The number of para-hydroxylation sites is 1. The van der Waals surface area contributed by atoms with Gasteiger partial charge in [0.25, 0.3) is 0 Å². The molecule has 0 bridgehead atoms. The molecule has 5 aromatic carbocycles. The van der Waals surface area contributed by atoms with Crippen LogP contribution < -0.4 is 15.9 Å². The number of fused-ring (bicyclic) bond motifs is 1. The largest absolute Gasteiger partial charge is 0.481 e. The number of hydrogen-bond donors (Lipinski definition) is 2. The number of ether oxygens (including phenoxy) is 1. The average molecular weight is 1060 g/mol. The van der Waals surface area contributed by atoms with Gasteiger partial charge in [-0.25, -0.2) is 4.39 Å². The monoisotopic (exact) mass is 1060 g/mol. The summed E-state index contributed by atoms with van der Waals surface area (Å²) in [6.45, 7) is 15.2. The Morgan fingerprint density at radius 1 is 0.764 bits per heavy atom. The van der Waals surface area contributed by atoms with E-state index in [1.165, 1.54) is 35.2 Å². The number of carbonyl (C=O) groups excluding carboxylic acids is 2. The zero-order valence-electron chi connectivity index (χ0n) is 43.5. The number of aromatic nitrogens is 1. The van der Waals surface area contributed by atoms with Crippen LogP contribution in [0.4, 0.5) is 4.39 Å². The summed E-state index contributed by atoms with van der Waals surface area (Å²) in [6.07, 6.45) is 6.81. The molecule has 0 amide bonds. The van der Waals surface area contributed by atoms with Crippen LogP contribution in [0.3, 0.4) is 0 Å². The van der Waals surface area contributed by atoms with Gasteiger partial charge in [-0.1, -0.05) is 148 Å². The summed E-state index contributed by atoms with van der Waals surface area (Å²) in [5.74, 6) is -1.27. The highest BCUT2D eigenvalue weighted by atomic mass is 31.2. The number of carboxylic acids is 1. The fourth-order valence-electron chi connectivity index (χ4n) is 7.73. The van der Waals surface area contributed by atoms with Gasteiger partial charge in [0.1, 0.15) is 5.82 Å². The molecule has 1 aliphatic rings. The molecule has 0 unspecified atom stereocenters. The van der Waals surface area contributed by atoms with Crippen LogP contribution in [-0.4, -0.2) is 106 Å². The molecule has 0 radical (unpaired) electrons. The fourth-order valence-corrected chi connectivity index (χ4v) is 14.5. The van der Waals surface area contributed by atoms with Crippen molar-refractivity contribution < 1.29 is 47.3 Å². The minimum Gasteiger partial charge on any atom is -0.481 e. The van der Waals surface area contributed by atoms with Crippen molar-refractivity contribution in [2.75, 3.05) is 46.1 Å². The molecular formula is C57H73FNO9P3Si. The highest BCUT2D eigenvalue weighted by molar-refractivity contribution is 7.93.